The summed E-state index contributed by atoms with van der Waals surface area (Å²) >= 11 is 0. The fourth-order valence-corrected chi connectivity index (χ4v) is 2.67. The highest BCUT2D eigenvalue weighted by molar-refractivity contribution is 6.26. The van der Waals surface area contributed by atoms with Gasteiger partial charge < -0.3 is 23.4 Å². The van der Waals surface area contributed by atoms with Gasteiger partial charge in [-0.15, -0.1) is 0 Å². The van der Waals surface area contributed by atoms with Gasteiger partial charge in [-0.1, -0.05) is 46.0 Å². The molecule has 0 aliphatic carbocycles. The van der Waals surface area contributed by atoms with E-state index in [4.69, 9.17) is 23.4 Å². The lowest BCUT2D eigenvalue weighted by Gasteiger charge is -2.07. The Balaban J connectivity index is 2.93. The molecule has 2 radical (unpaired) electrons. The highest BCUT2D eigenvalue weighted by Gasteiger charge is 1.95. The van der Waals surface area contributed by atoms with Crippen LogP contribution in [0, 0.1) is 0 Å². The summed E-state index contributed by atoms with van der Waals surface area (Å²) in [6.07, 6.45) is 7.46. The zero-order chi connectivity index (χ0) is 17.6. The van der Waals surface area contributed by atoms with Gasteiger partial charge in [-0.05, 0) is 12.5 Å². The summed E-state index contributed by atoms with van der Waals surface area (Å²) in [5, 5.41) is 0. The zero-order valence-corrected chi connectivity index (χ0v) is 16.9. The first-order valence-electron chi connectivity index (χ1n) is 9.57. The smallest absolute Gasteiger partial charge is 0.229 e. The molecule has 5 nitrogen and oxygen atoms in total. The van der Waals surface area contributed by atoms with Crippen molar-refractivity contribution in [1.29, 1.82) is 0 Å². The standard InChI is InChI=1S/C18H38O5Si/c1-3-5-7-9-19-10-11-20-12-13-21-14-15-22-16-17-23-24-18-8-6-4-2/h3-18H2,1-2H3. The summed E-state index contributed by atoms with van der Waals surface area (Å²) in [6, 6.07) is 1.18. The molecule has 0 N–H and O–H groups in total. The van der Waals surface area contributed by atoms with Crippen LogP contribution in [0.1, 0.15) is 52.4 Å². The molecule has 0 bridgehead atoms. The Labute approximate surface area is 151 Å². The van der Waals surface area contributed by atoms with Gasteiger partial charge in [-0.3, -0.25) is 0 Å². The fourth-order valence-electron chi connectivity index (χ4n) is 1.91. The van der Waals surface area contributed by atoms with Gasteiger partial charge in [0, 0.05) is 6.61 Å². The van der Waals surface area contributed by atoms with Crippen LogP contribution in [0.4, 0.5) is 0 Å². The highest BCUT2D eigenvalue weighted by Crippen LogP contribution is 1.98. The van der Waals surface area contributed by atoms with Crippen LogP contribution in [-0.2, 0) is 23.4 Å². The normalized spacial score (nSPS) is 11.2. The minimum absolute atomic E-state index is 0.606. The maximum atomic E-state index is 5.52. The summed E-state index contributed by atoms with van der Waals surface area (Å²) in [4.78, 5) is 0. The molecule has 0 aliphatic rings. The molecule has 0 heterocycles. The Kier molecular flexibility index (Phi) is 23.0. The summed E-state index contributed by atoms with van der Waals surface area (Å²) < 4.78 is 27.3. The predicted molar refractivity (Wildman–Crippen MR) is 98.8 cm³/mol. The number of unbranched alkanes of at least 4 members (excludes halogenated alkanes) is 4. The van der Waals surface area contributed by atoms with Crippen LogP contribution in [0.25, 0.3) is 0 Å². The Morgan fingerprint density at radius 3 is 1.50 bits per heavy atom. The topological polar surface area (TPSA) is 46.2 Å². The summed E-state index contributed by atoms with van der Waals surface area (Å²) in [7, 11) is 0.615. The Morgan fingerprint density at radius 2 is 0.958 bits per heavy atom. The van der Waals surface area contributed by atoms with Gasteiger partial charge in [0.15, 0.2) is 0 Å². The van der Waals surface area contributed by atoms with Crippen molar-refractivity contribution >= 4 is 9.76 Å². The SMILES string of the molecule is CCCCCOCCOCCOCCOCCO[Si]CCCCC. The van der Waals surface area contributed by atoms with Crippen LogP contribution in [0.3, 0.4) is 0 Å². The molecule has 0 aromatic rings. The van der Waals surface area contributed by atoms with Gasteiger partial charge in [0.1, 0.15) is 0 Å². The zero-order valence-electron chi connectivity index (χ0n) is 15.9. The van der Waals surface area contributed by atoms with Crippen LogP contribution < -0.4 is 0 Å². The maximum absolute atomic E-state index is 5.52. The molecule has 0 amide bonds. The number of ether oxygens (including phenoxy) is 4. The molecule has 0 unspecified atom stereocenters. The third-order valence-electron chi connectivity index (χ3n) is 3.32. The number of rotatable bonds is 21. The van der Waals surface area contributed by atoms with Crippen molar-refractivity contribution in [3.8, 4) is 0 Å². The van der Waals surface area contributed by atoms with E-state index in [1.807, 2.05) is 0 Å². The first-order valence-corrected chi connectivity index (χ1v) is 10.7. The molecule has 0 saturated carbocycles. The fraction of sp³-hybridized carbons (Fsp3) is 1.00. The van der Waals surface area contributed by atoms with Crippen LogP contribution in [-0.4, -0.2) is 69.2 Å². The Bertz CT molecular complexity index is 198. The second-order valence-corrected chi connectivity index (χ2v) is 6.68. The van der Waals surface area contributed by atoms with Crippen molar-refractivity contribution in [3.63, 3.8) is 0 Å². The Morgan fingerprint density at radius 1 is 0.500 bits per heavy atom. The molecule has 0 fully saturated rings. The first kappa shape index (κ1) is 24.0. The molecular weight excluding hydrogens is 324 g/mol. The van der Waals surface area contributed by atoms with Crippen LogP contribution in [0.15, 0.2) is 0 Å². The van der Waals surface area contributed by atoms with Crippen molar-refractivity contribution < 1.29 is 23.4 Å². The van der Waals surface area contributed by atoms with Crippen LogP contribution >= 0.6 is 0 Å². The molecular formula is C18H38O5Si. The quantitative estimate of drug-likeness (QED) is 0.231. The molecule has 0 spiro atoms. The largest absolute Gasteiger partial charge is 0.415 e. The molecule has 144 valence electrons. The molecule has 24 heavy (non-hydrogen) atoms. The van der Waals surface area contributed by atoms with E-state index in [2.05, 4.69) is 13.8 Å². The monoisotopic (exact) mass is 362 g/mol. The van der Waals surface area contributed by atoms with E-state index < -0.39 is 0 Å². The molecule has 0 atom stereocenters. The molecule has 0 saturated heterocycles. The minimum atomic E-state index is 0.606. The highest BCUT2D eigenvalue weighted by atomic mass is 28.2. The third kappa shape index (κ3) is 22.0. The van der Waals surface area contributed by atoms with Gasteiger partial charge >= 0.3 is 0 Å². The van der Waals surface area contributed by atoms with Gasteiger partial charge in [0.2, 0.25) is 9.76 Å². The van der Waals surface area contributed by atoms with Gasteiger partial charge in [-0.2, -0.15) is 0 Å². The summed E-state index contributed by atoms with van der Waals surface area (Å²) in [5.41, 5.74) is 0. The average Bonchev–Trinajstić information content (AvgIpc) is 2.60. The van der Waals surface area contributed by atoms with Crippen molar-refractivity contribution in [2.24, 2.45) is 0 Å². The van der Waals surface area contributed by atoms with Gasteiger partial charge in [-0.25, -0.2) is 0 Å². The van der Waals surface area contributed by atoms with Crippen LogP contribution in [0.2, 0.25) is 6.04 Å². The first-order chi connectivity index (χ1) is 11.9. The lowest BCUT2D eigenvalue weighted by molar-refractivity contribution is -0.00478. The van der Waals surface area contributed by atoms with E-state index in [-0.39, 0.29) is 0 Å². The molecule has 6 heteroatoms. The van der Waals surface area contributed by atoms with E-state index in [1.54, 1.807) is 0 Å². The van der Waals surface area contributed by atoms with E-state index >= 15 is 0 Å². The van der Waals surface area contributed by atoms with Crippen molar-refractivity contribution in [3.05, 3.63) is 0 Å². The third-order valence-corrected chi connectivity index (χ3v) is 4.29. The van der Waals surface area contributed by atoms with Crippen LogP contribution in [0.5, 0.6) is 0 Å². The minimum Gasteiger partial charge on any atom is -0.415 e. The lowest BCUT2D eigenvalue weighted by atomic mass is 10.3. The van der Waals surface area contributed by atoms with E-state index in [9.17, 15) is 0 Å². The summed E-state index contributed by atoms with van der Waals surface area (Å²) in [6.45, 7) is 10.3. The molecule has 0 aromatic heterocycles. The lowest BCUT2D eigenvalue weighted by Crippen LogP contribution is -2.13. The molecule has 0 rings (SSSR count). The van der Waals surface area contributed by atoms with E-state index in [0.29, 0.717) is 62.6 Å². The second kappa shape index (κ2) is 23.0. The molecule has 0 aliphatic heterocycles. The summed E-state index contributed by atoms with van der Waals surface area (Å²) in [5.74, 6) is 0. The Hall–Kier alpha value is 0.0169. The number of hydrogen-bond acceptors (Lipinski definition) is 5. The average molecular weight is 363 g/mol. The van der Waals surface area contributed by atoms with Crippen molar-refractivity contribution in [1.82, 2.24) is 0 Å². The molecule has 0 aromatic carbocycles. The predicted octanol–water partition coefficient (Wildman–Crippen LogP) is 3.49. The second-order valence-electron chi connectivity index (χ2n) is 5.61. The van der Waals surface area contributed by atoms with E-state index in [0.717, 1.165) is 13.0 Å². The van der Waals surface area contributed by atoms with Gasteiger partial charge in [0.25, 0.3) is 0 Å². The van der Waals surface area contributed by atoms with Gasteiger partial charge in [0.05, 0.1) is 52.9 Å². The number of hydrogen-bond donors (Lipinski definition) is 0. The maximum Gasteiger partial charge on any atom is 0.229 e. The van der Waals surface area contributed by atoms with Crippen molar-refractivity contribution in [2.45, 2.75) is 58.4 Å². The van der Waals surface area contributed by atoms with E-state index in [1.165, 1.54) is 38.1 Å². The van der Waals surface area contributed by atoms with Crippen molar-refractivity contribution in [2.75, 3.05) is 59.5 Å².